The monoisotopic (exact) mass is 246 g/mol. The third-order valence-corrected chi connectivity index (χ3v) is 3.20. The molecule has 1 aliphatic heterocycles. The molecule has 0 aliphatic carbocycles. The second-order valence-electron chi connectivity index (χ2n) is 4.73. The van der Waals surface area contributed by atoms with Crippen molar-refractivity contribution in [3.63, 3.8) is 0 Å². The molecule has 0 saturated carbocycles. The van der Waals surface area contributed by atoms with Gasteiger partial charge in [0.1, 0.15) is 0 Å². The van der Waals surface area contributed by atoms with Crippen LogP contribution in [0.2, 0.25) is 0 Å². The first kappa shape index (κ1) is 12.6. The molecule has 3 amide bonds. The first-order valence-electron chi connectivity index (χ1n) is 6.30. The molecule has 1 saturated heterocycles. The topological polar surface area (TPSA) is 49.4 Å². The van der Waals surface area contributed by atoms with E-state index >= 15 is 0 Å². The first-order chi connectivity index (χ1) is 8.66. The van der Waals surface area contributed by atoms with Crippen molar-refractivity contribution in [1.82, 2.24) is 10.2 Å². The van der Waals surface area contributed by atoms with Crippen LogP contribution in [0, 0.1) is 5.92 Å². The van der Waals surface area contributed by atoms with Gasteiger partial charge in [-0.1, -0.05) is 37.3 Å². The summed E-state index contributed by atoms with van der Waals surface area (Å²) < 4.78 is 0. The second-order valence-corrected chi connectivity index (χ2v) is 4.73. The summed E-state index contributed by atoms with van der Waals surface area (Å²) in [5.74, 6) is -0.279. The summed E-state index contributed by atoms with van der Waals surface area (Å²) in [6.07, 6.45) is 1.87. The molecule has 1 heterocycles. The quantitative estimate of drug-likeness (QED) is 0.880. The zero-order valence-corrected chi connectivity index (χ0v) is 10.6. The lowest BCUT2D eigenvalue weighted by Crippen LogP contribution is -2.53. The zero-order chi connectivity index (χ0) is 13.0. The molecule has 96 valence electrons. The van der Waals surface area contributed by atoms with Crippen molar-refractivity contribution in [2.75, 3.05) is 13.1 Å². The van der Waals surface area contributed by atoms with Gasteiger partial charge in [0.15, 0.2) is 0 Å². The number of rotatable bonds is 4. The highest BCUT2D eigenvalue weighted by atomic mass is 16.2. The van der Waals surface area contributed by atoms with Gasteiger partial charge in [-0.15, -0.1) is 0 Å². The molecule has 1 unspecified atom stereocenters. The molecule has 0 bridgehead atoms. The Kier molecular flexibility index (Phi) is 3.97. The minimum atomic E-state index is -0.258. The number of nitrogens with one attached hydrogen (secondary N) is 1. The predicted molar refractivity (Wildman–Crippen MR) is 69.0 cm³/mol. The van der Waals surface area contributed by atoms with Gasteiger partial charge < -0.3 is 4.90 Å². The van der Waals surface area contributed by atoms with E-state index in [1.54, 1.807) is 4.90 Å². The van der Waals surface area contributed by atoms with Crippen molar-refractivity contribution in [1.29, 1.82) is 0 Å². The Labute approximate surface area is 107 Å². The Morgan fingerprint density at radius 3 is 2.72 bits per heavy atom. The Hall–Kier alpha value is -1.84. The molecule has 4 heteroatoms. The normalized spacial score (nSPS) is 19.8. The van der Waals surface area contributed by atoms with Crippen LogP contribution < -0.4 is 5.32 Å². The molecule has 1 fully saturated rings. The molecule has 1 atom stereocenters. The molecule has 1 N–H and O–H groups in total. The van der Waals surface area contributed by atoms with Crippen LogP contribution in [-0.4, -0.2) is 29.9 Å². The van der Waals surface area contributed by atoms with Gasteiger partial charge in [-0.3, -0.25) is 10.1 Å². The van der Waals surface area contributed by atoms with Crippen LogP contribution in [0.15, 0.2) is 30.3 Å². The fourth-order valence-electron chi connectivity index (χ4n) is 2.12. The van der Waals surface area contributed by atoms with Gasteiger partial charge in [0.05, 0.1) is 5.92 Å². The van der Waals surface area contributed by atoms with Gasteiger partial charge in [-0.05, 0) is 18.4 Å². The Morgan fingerprint density at radius 1 is 1.28 bits per heavy atom. The highest BCUT2D eigenvalue weighted by molar-refractivity contribution is 5.97. The van der Waals surface area contributed by atoms with Gasteiger partial charge in [0.2, 0.25) is 5.91 Å². The molecule has 18 heavy (non-hydrogen) atoms. The van der Waals surface area contributed by atoms with Crippen LogP contribution in [0.5, 0.6) is 0 Å². The summed E-state index contributed by atoms with van der Waals surface area (Å²) >= 11 is 0. The van der Waals surface area contributed by atoms with E-state index in [-0.39, 0.29) is 17.9 Å². The molecule has 0 radical (unpaired) electrons. The summed E-state index contributed by atoms with van der Waals surface area (Å²) in [5.41, 5.74) is 1.28. The number of nitrogens with zero attached hydrogens (tertiary/aromatic N) is 1. The largest absolute Gasteiger partial charge is 0.324 e. The second kappa shape index (κ2) is 5.67. The molecular formula is C14H18N2O2. The summed E-state index contributed by atoms with van der Waals surface area (Å²) in [7, 11) is 0. The average Bonchev–Trinajstić information content (AvgIpc) is 2.37. The van der Waals surface area contributed by atoms with Crippen LogP contribution in [0.1, 0.15) is 18.9 Å². The van der Waals surface area contributed by atoms with Crippen LogP contribution in [0.4, 0.5) is 4.79 Å². The first-order valence-corrected chi connectivity index (χ1v) is 6.30. The zero-order valence-electron chi connectivity index (χ0n) is 10.6. The number of carbonyl (C=O) groups is 2. The van der Waals surface area contributed by atoms with Crippen molar-refractivity contribution >= 4 is 11.9 Å². The molecule has 4 nitrogen and oxygen atoms in total. The molecule has 0 aromatic heterocycles. The lowest BCUT2D eigenvalue weighted by molar-refractivity contribution is -0.125. The molecule has 1 aromatic rings. The summed E-state index contributed by atoms with van der Waals surface area (Å²) in [4.78, 5) is 24.6. The maximum absolute atomic E-state index is 11.6. The van der Waals surface area contributed by atoms with E-state index in [1.165, 1.54) is 5.56 Å². The maximum atomic E-state index is 11.6. The summed E-state index contributed by atoms with van der Waals surface area (Å²) in [6.45, 7) is 3.06. The molecule has 2 rings (SSSR count). The highest BCUT2D eigenvalue weighted by Crippen LogP contribution is 2.09. The van der Waals surface area contributed by atoms with Crippen LogP contribution >= 0.6 is 0 Å². The van der Waals surface area contributed by atoms with Gasteiger partial charge in [0.25, 0.3) is 0 Å². The summed E-state index contributed by atoms with van der Waals surface area (Å²) in [5, 5.41) is 2.38. The van der Waals surface area contributed by atoms with Gasteiger partial charge >= 0.3 is 6.03 Å². The van der Waals surface area contributed by atoms with Crippen molar-refractivity contribution in [3.8, 4) is 0 Å². The van der Waals surface area contributed by atoms with Crippen LogP contribution in [-0.2, 0) is 11.2 Å². The van der Waals surface area contributed by atoms with Gasteiger partial charge in [-0.25, -0.2) is 4.79 Å². The van der Waals surface area contributed by atoms with Gasteiger partial charge in [0, 0.05) is 13.1 Å². The van der Waals surface area contributed by atoms with Crippen LogP contribution in [0.25, 0.3) is 0 Å². The molecule has 0 spiro atoms. The minimum absolute atomic E-state index is 0.112. The maximum Gasteiger partial charge on any atom is 0.324 e. The third-order valence-electron chi connectivity index (χ3n) is 3.20. The number of benzene rings is 1. The van der Waals surface area contributed by atoms with E-state index in [0.717, 1.165) is 12.8 Å². The fourth-order valence-corrected chi connectivity index (χ4v) is 2.12. The minimum Gasteiger partial charge on any atom is -0.324 e. The number of imide groups is 1. The Morgan fingerprint density at radius 2 is 2.00 bits per heavy atom. The average molecular weight is 246 g/mol. The van der Waals surface area contributed by atoms with Gasteiger partial charge in [-0.2, -0.15) is 0 Å². The molecule has 1 aliphatic rings. The third kappa shape index (κ3) is 3.09. The fraction of sp³-hybridized carbons (Fsp3) is 0.429. The number of hydrogen-bond donors (Lipinski definition) is 1. The van der Waals surface area contributed by atoms with Crippen molar-refractivity contribution in [2.45, 2.75) is 19.8 Å². The van der Waals surface area contributed by atoms with Crippen molar-refractivity contribution in [2.24, 2.45) is 5.92 Å². The SMILES string of the molecule is CC1CN(CCCc2ccccc2)C(=O)NC1=O. The number of amides is 3. The summed E-state index contributed by atoms with van der Waals surface area (Å²) in [6, 6.07) is 9.94. The Balaban J connectivity index is 1.80. The number of aryl methyl sites for hydroxylation is 1. The predicted octanol–water partition coefficient (Wildman–Crippen LogP) is 1.81. The standard InChI is InChI=1S/C14H18N2O2/c1-11-10-16(14(18)15-13(11)17)9-5-8-12-6-3-2-4-7-12/h2-4,6-7,11H,5,8-10H2,1H3,(H,15,17,18). The lowest BCUT2D eigenvalue weighted by atomic mass is 10.1. The smallest absolute Gasteiger partial charge is 0.324 e. The van der Waals surface area contributed by atoms with Crippen molar-refractivity contribution < 1.29 is 9.59 Å². The van der Waals surface area contributed by atoms with E-state index < -0.39 is 0 Å². The molecule has 1 aromatic carbocycles. The molecular weight excluding hydrogens is 228 g/mol. The lowest BCUT2D eigenvalue weighted by Gasteiger charge is -2.30. The van der Waals surface area contributed by atoms with E-state index in [1.807, 2.05) is 25.1 Å². The van der Waals surface area contributed by atoms with E-state index in [9.17, 15) is 9.59 Å². The number of carbonyl (C=O) groups excluding carboxylic acids is 2. The van der Waals surface area contributed by atoms with Crippen molar-refractivity contribution in [3.05, 3.63) is 35.9 Å². The Bertz CT molecular complexity index is 431. The highest BCUT2D eigenvalue weighted by Gasteiger charge is 2.28. The van der Waals surface area contributed by atoms with E-state index in [4.69, 9.17) is 0 Å². The van der Waals surface area contributed by atoms with Crippen LogP contribution in [0.3, 0.4) is 0 Å². The van der Waals surface area contributed by atoms with E-state index in [2.05, 4.69) is 17.4 Å². The number of hydrogen-bond acceptors (Lipinski definition) is 2. The van der Waals surface area contributed by atoms with E-state index in [0.29, 0.717) is 13.1 Å². The number of urea groups is 1.